The van der Waals surface area contributed by atoms with Crippen molar-refractivity contribution in [3.05, 3.63) is 74.4 Å². The van der Waals surface area contributed by atoms with Crippen molar-refractivity contribution in [2.45, 2.75) is 53.2 Å². The Kier molecular flexibility index (Phi) is 6.54. The number of aromatic nitrogens is 4. The van der Waals surface area contributed by atoms with Gasteiger partial charge in [-0.3, -0.25) is 19.0 Å². The van der Waals surface area contributed by atoms with Gasteiger partial charge in [-0.05, 0) is 57.5 Å². The number of amides is 2. The van der Waals surface area contributed by atoms with Crippen molar-refractivity contribution < 1.29 is 9.59 Å². The molecule has 0 bridgehead atoms. The molecule has 2 N–H and O–H groups in total. The van der Waals surface area contributed by atoms with E-state index < -0.39 is 11.6 Å². The Morgan fingerprint density at radius 2 is 1.77 bits per heavy atom. The first-order valence-electron chi connectivity index (χ1n) is 11.5. The lowest BCUT2D eigenvalue weighted by Crippen LogP contribution is -2.31. The molecule has 0 radical (unpaired) electrons. The predicted molar refractivity (Wildman–Crippen MR) is 134 cm³/mol. The number of hydrogen-bond acceptors (Lipinski definition) is 5. The van der Waals surface area contributed by atoms with E-state index in [1.807, 2.05) is 39.8 Å². The molecule has 4 rings (SSSR count). The van der Waals surface area contributed by atoms with Crippen LogP contribution in [0.4, 0.5) is 5.69 Å². The molecule has 0 aliphatic carbocycles. The highest BCUT2D eigenvalue weighted by atomic mass is 16.2. The second-order valence-electron chi connectivity index (χ2n) is 8.81. The molecule has 0 fully saturated rings. The van der Waals surface area contributed by atoms with Crippen LogP contribution in [0, 0.1) is 6.92 Å². The first kappa shape index (κ1) is 23.9. The summed E-state index contributed by atoms with van der Waals surface area (Å²) in [5.74, 6) is -0.616. The van der Waals surface area contributed by atoms with Gasteiger partial charge in [0, 0.05) is 23.8 Å². The van der Waals surface area contributed by atoms with Crippen LogP contribution in [-0.4, -0.2) is 36.6 Å². The number of hydrogen-bond donors (Lipinski definition) is 2. The van der Waals surface area contributed by atoms with E-state index in [0.29, 0.717) is 24.2 Å². The van der Waals surface area contributed by atoms with E-state index in [9.17, 15) is 19.2 Å². The molecule has 2 heterocycles. The van der Waals surface area contributed by atoms with Crippen molar-refractivity contribution in [1.82, 2.24) is 24.1 Å². The maximum Gasteiger partial charge on any atom is 0.352 e. The predicted octanol–water partition coefficient (Wildman–Crippen LogP) is 2.31. The first-order chi connectivity index (χ1) is 16.7. The van der Waals surface area contributed by atoms with E-state index in [2.05, 4.69) is 15.7 Å². The van der Waals surface area contributed by atoms with Crippen LogP contribution in [0.3, 0.4) is 0 Å². The van der Waals surface area contributed by atoms with Crippen molar-refractivity contribution >= 4 is 34.2 Å². The zero-order valence-electron chi connectivity index (χ0n) is 20.2. The van der Waals surface area contributed by atoms with Crippen LogP contribution in [0.2, 0.25) is 0 Å². The maximum atomic E-state index is 13.4. The lowest BCUT2D eigenvalue weighted by atomic mass is 10.1. The molecular weight excluding hydrogens is 448 g/mol. The molecule has 35 heavy (non-hydrogen) atoms. The van der Waals surface area contributed by atoms with Gasteiger partial charge < -0.3 is 10.6 Å². The van der Waals surface area contributed by atoms with Gasteiger partial charge in [0.25, 0.3) is 11.5 Å². The summed E-state index contributed by atoms with van der Waals surface area (Å²) in [6.07, 6.45) is 0.644. The number of rotatable bonds is 7. The Labute approximate surface area is 201 Å². The lowest BCUT2D eigenvalue weighted by molar-refractivity contribution is -0.117. The van der Waals surface area contributed by atoms with Crippen LogP contribution in [-0.2, 0) is 17.9 Å². The lowest BCUT2D eigenvalue weighted by Gasteiger charge is -2.11. The van der Waals surface area contributed by atoms with Gasteiger partial charge in [0.05, 0.1) is 10.9 Å². The van der Waals surface area contributed by atoms with E-state index in [1.165, 1.54) is 15.0 Å². The van der Waals surface area contributed by atoms with E-state index in [0.717, 1.165) is 10.2 Å². The number of benzene rings is 2. The van der Waals surface area contributed by atoms with E-state index in [1.54, 1.807) is 24.3 Å². The SMILES string of the molecule is CCCn1c(=O)c2ccc(C(=O)NC(C)C)cc2n2c(=O)n(CC(=O)Nc3ccc(C)cc3)nc12. The molecule has 0 saturated heterocycles. The van der Waals surface area contributed by atoms with Crippen LogP contribution in [0.25, 0.3) is 16.7 Å². The molecule has 4 aromatic rings. The number of aryl methyl sites for hydroxylation is 2. The van der Waals surface area contributed by atoms with Gasteiger partial charge in [-0.25, -0.2) is 13.9 Å². The standard InChI is InChI=1S/C25H28N6O4/c1-5-12-29-23(34)19-11-8-17(22(33)26-15(2)3)13-20(19)31-24(29)28-30(25(31)35)14-21(32)27-18-9-6-16(4)7-10-18/h6-11,13,15H,5,12,14H2,1-4H3,(H,26,33)(H,27,32). The number of nitrogens with zero attached hydrogens (tertiary/aromatic N) is 4. The van der Waals surface area contributed by atoms with Gasteiger partial charge in [-0.1, -0.05) is 24.6 Å². The summed E-state index contributed by atoms with van der Waals surface area (Å²) >= 11 is 0. The molecule has 2 amide bonds. The number of carbonyl (C=O) groups is 2. The van der Waals surface area contributed by atoms with E-state index in [-0.39, 0.29) is 40.7 Å². The van der Waals surface area contributed by atoms with Gasteiger partial charge in [-0.2, -0.15) is 0 Å². The minimum atomic E-state index is -0.574. The fourth-order valence-corrected chi connectivity index (χ4v) is 3.90. The largest absolute Gasteiger partial charge is 0.352 e. The Hall–Kier alpha value is -4.21. The number of carbonyl (C=O) groups excluding carboxylic acids is 2. The fourth-order valence-electron chi connectivity index (χ4n) is 3.90. The van der Waals surface area contributed by atoms with Crippen molar-refractivity contribution in [2.24, 2.45) is 0 Å². The Morgan fingerprint density at radius 3 is 2.43 bits per heavy atom. The maximum absolute atomic E-state index is 13.4. The van der Waals surface area contributed by atoms with Crippen LogP contribution in [0.15, 0.2) is 52.1 Å². The smallest absolute Gasteiger partial charge is 0.350 e. The quantitative estimate of drug-likeness (QED) is 0.424. The molecular formula is C25H28N6O4. The summed E-state index contributed by atoms with van der Waals surface area (Å²) in [5.41, 5.74) is 1.36. The summed E-state index contributed by atoms with van der Waals surface area (Å²) in [4.78, 5) is 51.8. The number of anilines is 1. The Balaban J connectivity index is 1.83. The second kappa shape index (κ2) is 9.57. The van der Waals surface area contributed by atoms with Crippen LogP contribution < -0.4 is 21.9 Å². The minimum Gasteiger partial charge on any atom is -0.350 e. The minimum absolute atomic E-state index is 0.0757. The van der Waals surface area contributed by atoms with Gasteiger partial charge in [0.15, 0.2) is 0 Å². The van der Waals surface area contributed by atoms with E-state index in [4.69, 9.17) is 0 Å². The topological polar surface area (TPSA) is 120 Å². The van der Waals surface area contributed by atoms with Crippen molar-refractivity contribution in [1.29, 1.82) is 0 Å². The second-order valence-corrected chi connectivity index (χ2v) is 8.81. The zero-order valence-corrected chi connectivity index (χ0v) is 20.2. The zero-order chi connectivity index (χ0) is 25.3. The molecule has 0 atom stereocenters. The summed E-state index contributed by atoms with van der Waals surface area (Å²) in [7, 11) is 0. The molecule has 2 aromatic heterocycles. The fraction of sp³-hybridized carbons (Fsp3) is 0.320. The third kappa shape index (κ3) is 4.72. The molecule has 10 nitrogen and oxygen atoms in total. The highest BCUT2D eigenvalue weighted by Crippen LogP contribution is 2.15. The highest BCUT2D eigenvalue weighted by molar-refractivity contribution is 5.98. The molecule has 10 heteroatoms. The average molecular weight is 477 g/mol. The van der Waals surface area contributed by atoms with Crippen molar-refractivity contribution in [3.8, 4) is 0 Å². The monoisotopic (exact) mass is 476 g/mol. The van der Waals surface area contributed by atoms with Gasteiger partial charge >= 0.3 is 5.69 Å². The van der Waals surface area contributed by atoms with Gasteiger partial charge in [0.1, 0.15) is 6.54 Å². The molecule has 0 aliphatic heterocycles. The van der Waals surface area contributed by atoms with Gasteiger partial charge in [-0.15, -0.1) is 5.10 Å². The van der Waals surface area contributed by atoms with Crippen LogP contribution >= 0.6 is 0 Å². The number of fused-ring (bicyclic) bond motifs is 3. The highest BCUT2D eigenvalue weighted by Gasteiger charge is 2.20. The van der Waals surface area contributed by atoms with Crippen LogP contribution in [0.5, 0.6) is 0 Å². The Bertz CT molecular complexity index is 1540. The normalized spacial score (nSPS) is 11.3. The first-order valence-corrected chi connectivity index (χ1v) is 11.5. The van der Waals surface area contributed by atoms with Crippen molar-refractivity contribution in [2.75, 3.05) is 5.32 Å². The summed E-state index contributed by atoms with van der Waals surface area (Å²) in [6, 6.07) is 11.8. The average Bonchev–Trinajstić information content (AvgIpc) is 3.13. The van der Waals surface area contributed by atoms with Gasteiger partial charge in [0.2, 0.25) is 11.7 Å². The molecule has 2 aromatic carbocycles. The summed E-state index contributed by atoms with van der Waals surface area (Å²) in [6.45, 7) is 7.56. The summed E-state index contributed by atoms with van der Waals surface area (Å²) in [5, 5.41) is 10.2. The molecule has 0 spiro atoms. The third-order valence-electron chi connectivity index (χ3n) is 5.54. The molecule has 0 saturated carbocycles. The third-order valence-corrected chi connectivity index (χ3v) is 5.54. The van der Waals surface area contributed by atoms with E-state index >= 15 is 0 Å². The molecule has 0 aliphatic rings. The molecule has 182 valence electrons. The van der Waals surface area contributed by atoms with Crippen LogP contribution in [0.1, 0.15) is 43.1 Å². The Morgan fingerprint density at radius 1 is 1.06 bits per heavy atom. The number of nitrogens with one attached hydrogen (secondary N) is 2. The molecule has 0 unspecified atom stereocenters. The van der Waals surface area contributed by atoms with Crippen molar-refractivity contribution in [3.63, 3.8) is 0 Å². The summed E-state index contributed by atoms with van der Waals surface area (Å²) < 4.78 is 3.74.